The average Bonchev–Trinajstić information content (AvgIpc) is 2.44. The number of hydrogen-bond donors (Lipinski definition) is 0. The van der Waals surface area contributed by atoms with Gasteiger partial charge >= 0.3 is 5.97 Å². The highest BCUT2D eigenvalue weighted by atomic mass is 16.5. The van der Waals surface area contributed by atoms with Crippen LogP contribution < -0.4 is 0 Å². The zero-order chi connectivity index (χ0) is 14.8. The second kappa shape index (κ2) is 9.35. The molecule has 0 aromatic heterocycles. The lowest BCUT2D eigenvalue weighted by atomic mass is 10.1. The van der Waals surface area contributed by atoms with Crippen molar-refractivity contribution in [3.05, 3.63) is 41.5 Å². The fraction of sp³-hybridized carbons (Fsp3) is 0.500. The van der Waals surface area contributed by atoms with Crippen LogP contribution in [0.25, 0.3) is 6.08 Å². The van der Waals surface area contributed by atoms with Gasteiger partial charge in [-0.2, -0.15) is 0 Å². The van der Waals surface area contributed by atoms with Crippen molar-refractivity contribution in [2.75, 3.05) is 0 Å². The van der Waals surface area contributed by atoms with E-state index >= 15 is 0 Å². The smallest absolute Gasteiger partial charge is 0.333 e. The lowest BCUT2D eigenvalue weighted by Crippen LogP contribution is -2.15. The number of rotatable bonds is 8. The van der Waals surface area contributed by atoms with Crippen LogP contribution in [0.15, 0.2) is 35.9 Å². The van der Waals surface area contributed by atoms with E-state index in [1.807, 2.05) is 43.3 Å². The number of unbranched alkanes of at least 4 members (excludes halogenated alkanes) is 3. The lowest BCUT2D eigenvalue weighted by Gasteiger charge is -2.13. The van der Waals surface area contributed by atoms with E-state index in [1.54, 1.807) is 6.92 Å². The Kier molecular flexibility index (Phi) is 7.71. The molecular formula is C18H26O2. The van der Waals surface area contributed by atoms with Crippen LogP contribution in [0.2, 0.25) is 0 Å². The number of hydrogen-bond acceptors (Lipinski definition) is 2. The maximum Gasteiger partial charge on any atom is 0.333 e. The maximum absolute atomic E-state index is 12.0. The number of carbonyl (C=O) groups is 1. The van der Waals surface area contributed by atoms with Crippen LogP contribution in [-0.4, -0.2) is 12.1 Å². The minimum Gasteiger partial charge on any atom is -0.459 e. The van der Waals surface area contributed by atoms with Crippen molar-refractivity contribution in [3.8, 4) is 0 Å². The molecule has 1 rings (SSSR count). The van der Waals surface area contributed by atoms with Crippen LogP contribution in [0.4, 0.5) is 0 Å². The highest BCUT2D eigenvalue weighted by Crippen LogP contribution is 2.12. The number of ether oxygens (including phenoxy) is 1. The van der Waals surface area contributed by atoms with Gasteiger partial charge in [0.15, 0.2) is 0 Å². The Balaban J connectivity index is 2.39. The molecule has 0 aliphatic heterocycles. The first-order chi connectivity index (χ1) is 9.63. The topological polar surface area (TPSA) is 26.3 Å². The van der Waals surface area contributed by atoms with Gasteiger partial charge in [-0.15, -0.1) is 0 Å². The van der Waals surface area contributed by atoms with Crippen molar-refractivity contribution < 1.29 is 9.53 Å². The van der Waals surface area contributed by atoms with Crippen molar-refractivity contribution in [1.29, 1.82) is 0 Å². The van der Waals surface area contributed by atoms with E-state index in [-0.39, 0.29) is 12.1 Å². The van der Waals surface area contributed by atoms with Gasteiger partial charge in [-0.3, -0.25) is 0 Å². The molecule has 2 nitrogen and oxygen atoms in total. The molecule has 0 saturated heterocycles. The molecule has 1 aromatic rings. The van der Waals surface area contributed by atoms with Crippen LogP contribution in [0.5, 0.6) is 0 Å². The van der Waals surface area contributed by atoms with Crippen LogP contribution in [0.1, 0.15) is 58.4 Å². The molecule has 0 spiro atoms. The summed E-state index contributed by atoms with van der Waals surface area (Å²) in [6.07, 6.45) is 7.65. The summed E-state index contributed by atoms with van der Waals surface area (Å²) >= 11 is 0. The predicted molar refractivity (Wildman–Crippen MR) is 84.4 cm³/mol. The molecule has 0 radical (unpaired) electrons. The SMILES string of the molecule is CCCCCC[C@@H](C)OC(=O)C(C)=Cc1ccccc1. The van der Waals surface area contributed by atoms with Crippen LogP contribution >= 0.6 is 0 Å². The van der Waals surface area contributed by atoms with Gasteiger partial charge in [0.05, 0.1) is 6.10 Å². The third-order valence-electron chi connectivity index (χ3n) is 3.28. The Morgan fingerprint density at radius 1 is 1.20 bits per heavy atom. The minimum absolute atomic E-state index is 0.00141. The van der Waals surface area contributed by atoms with Gasteiger partial charge < -0.3 is 4.74 Å². The minimum atomic E-state index is -0.211. The highest BCUT2D eigenvalue weighted by Gasteiger charge is 2.11. The highest BCUT2D eigenvalue weighted by molar-refractivity contribution is 5.93. The molecular weight excluding hydrogens is 248 g/mol. The molecule has 0 saturated carbocycles. The van der Waals surface area contributed by atoms with E-state index in [9.17, 15) is 4.79 Å². The van der Waals surface area contributed by atoms with Gasteiger partial charge in [0, 0.05) is 5.57 Å². The Hall–Kier alpha value is -1.57. The third kappa shape index (κ3) is 6.55. The molecule has 0 aliphatic rings. The molecule has 110 valence electrons. The maximum atomic E-state index is 12.0. The quantitative estimate of drug-likeness (QED) is 0.379. The summed E-state index contributed by atoms with van der Waals surface area (Å²) in [5.41, 5.74) is 1.68. The first kappa shape index (κ1) is 16.5. The fourth-order valence-corrected chi connectivity index (χ4v) is 2.05. The van der Waals surface area contributed by atoms with Gasteiger partial charge in [0.2, 0.25) is 0 Å². The van der Waals surface area contributed by atoms with E-state index in [2.05, 4.69) is 6.92 Å². The van der Waals surface area contributed by atoms with E-state index < -0.39 is 0 Å². The number of esters is 1. The standard InChI is InChI=1S/C18H26O2/c1-4-5-6-8-11-16(3)20-18(19)15(2)14-17-12-9-7-10-13-17/h7,9-10,12-14,16H,4-6,8,11H2,1-3H3/t16-/m1/s1. The monoisotopic (exact) mass is 274 g/mol. The van der Waals surface area contributed by atoms with Gasteiger partial charge in [0.25, 0.3) is 0 Å². The molecule has 0 amide bonds. The van der Waals surface area contributed by atoms with E-state index in [0.717, 1.165) is 18.4 Å². The second-order valence-electron chi connectivity index (χ2n) is 5.30. The first-order valence-corrected chi connectivity index (χ1v) is 7.57. The second-order valence-corrected chi connectivity index (χ2v) is 5.30. The molecule has 0 heterocycles. The summed E-state index contributed by atoms with van der Waals surface area (Å²) in [6.45, 7) is 5.97. The molecule has 20 heavy (non-hydrogen) atoms. The Labute approximate surface area is 122 Å². The lowest BCUT2D eigenvalue weighted by molar-refractivity contribution is -0.143. The fourth-order valence-electron chi connectivity index (χ4n) is 2.05. The Morgan fingerprint density at radius 3 is 2.55 bits per heavy atom. The zero-order valence-electron chi connectivity index (χ0n) is 12.9. The predicted octanol–water partition coefficient (Wildman–Crippen LogP) is 4.99. The summed E-state index contributed by atoms with van der Waals surface area (Å²) in [7, 11) is 0. The molecule has 0 aliphatic carbocycles. The Bertz CT molecular complexity index is 420. The van der Waals surface area contributed by atoms with E-state index in [4.69, 9.17) is 4.74 Å². The van der Waals surface area contributed by atoms with Crippen molar-refractivity contribution in [3.63, 3.8) is 0 Å². The molecule has 2 heteroatoms. The summed E-state index contributed by atoms with van der Waals surface area (Å²) in [5.74, 6) is -0.211. The molecule has 0 fully saturated rings. The van der Waals surface area contributed by atoms with Gasteiger partial charge in [-0.1, -0.05) is 56.5 Å². The molecule has 0 N–H and O–H groups in total. The van der Waals surface area contributed by atoms with Crippen molar-refractivity contribution in [2.45, 2.75) is 59.0 Å². The van der Waals surface area contributed by atoms with Gasteiger partial charge in [0.1, 0.15) is 0 Å². The van der Waals surface area contributed by atoms with Crippen LogP contribution in [-0.2, 0) is 9.53 Å². The van der Waals surface area contributed by atoms with Crippen molar-refractivity contribution >= 4 is 12.0 Å². The summed E-state index contributed by atoms with van der Waals surface area (Å²) in [4.78, 5) is 12.0. The first-order valence-electron chi connectivity index (χ1n) is 7.57. The van der Waals surface area contributed by atoms with Gasteiger partial charge in [-0.05, 0) is 38.3 Å². The van der Waals surface area contributed by atoms with Crippen LogP contribution in [0, 0.1) is 0 Å². The summed E-state index contributed by atoms with van der Waals surface area (Å²) in [5, 5.41) is 0. The number of benzene rings is 1. The average molecular weight is 274 g/mol. The molecule has 0 unspecified atom stereocenters. The van der Waals surface area contributed by atoms with E-state index in [0.29, 0.717) is 5.57 Å². The summed E-state index contributed by atoms with van der Waals surface area (Å²) in [6, 6.07) is 9.83. The molecule has 1 aromatic carbocycles. The third-order valence-corrected chi connectivity index (χ3v) is 3.28. The van der Waals surface area contributed by atoms with Crippen molar-refractivity contribution in [1.82, 2.24) is 0 Å². The zero-order valence-corrected chi connectivity index (χ0v) is 12.9. The Morgan fingerprint density at radius 2 is 1.90 bits per heavy atom. The molecule has 1 atom stereocenters. The molecule has 0 bridgehead atoms. The largest absolute Gasteiger partial charge is 0.459 e. The van der Waals surface area contributed by atoms with Gasteiger partial charge in [-0.25, -0.2) is 4.79 Å². The number of carbonyl (C=O) groups excluding carboxylic acids is 1. The normalized spacial score (nSPS) is 13.1. The van der Waals surface area contributed by atoms with Crippen molar-refractivity contribution in [2.24, 2.45) is 0 Å². The van der Waals surface area contributed by atoms with E-state index in [1.165, 1.54) is 19.3 Å². The summed E-state index contributed by atoms with van der Waals surface area (Å²) < 4.78 is 5.46. The van der Waals surface area contributed by atoms with Crippen LogP contribution in [0.3, 0.4) is 0 Å².